The number of rotatable bonds is 14. The van der Waals surface area contributed by atoms with Crippen molar-refractivity contribution < 1.29 is 9.53 Å². The number of aromatic nitrogens is 2. The fourth-order valence-electron chi connectivity index (χ4n) is 5.67. The van der Waals surface area contributed by atoms with Gasteiger partial charge in [0.2, 0.25) is 0 Å². The summed E-state index contributed by atoms with van der Waals surface area (Å²) in [4.78, 5) is 32.9. The van der Waals surface area contributed by atoms with Crippen LogP contribution in [0.1, 0.15) is 84.3 Å². The van der Waals surface area contributed by atoms with Gasteiger partial charge >= 0.3 is 6.03 Å². The van der Waals surface area contributed by atoms with Crippen LogP contribution in [0.15, 0.2) is 65.6 Å². The summed E-state index contributed by atoms with van der Waals surface area (Å²) in [6, 6.07) is 17.2. The molecule has 0 aliphatic rings. The average Bonchev–Trinajstić information content (AvgIpc) is 3.01. The monoisotopic (exact) mass is 611 g/mol. The fraction of sp³-hybridized carbons (Fsp3) is 0.432. The average molecular weight is 612 g/mol. The van der Waals surface area contributed by atoms with Crippen LogP contribution in [0.2, 0.25) is 0 Å². The quantitative estimate of drug-likeness (QED) is 0.124. The Balaban J connectivity index is 1.84. The number of para-hydroxylation sites is 1. The van der Waals surface area contributed by atoms with Crippen molar-refractivity contribution in [3.8, 4) is 16.9 Å². The van der Waals surface area contributed by atoms with Gasteiger partial charge < -0.3 is 20.7 Å². The molecular formula is C37H49N5O3. The topological polar surface area (TPSA) is 97.3 Å². The number of anilines is 2. The van der Waals surface area contributed by atoms with Crippen molar-refractivity contribution >= 4 is 28.4 Å². The van der Waals surface area contributed by atoms with Gasteiger partial charge in [-0.2, -0.15) is 0 Å². The van der Waals surface area contributed by atoms with Gasteiger partial charge in [0.1, 0.15) is 23.7 Å². The van der Waals surface area contributed by atoms with E-state index in [9.17, 15) is 9.59 Å². The van der Waals surface area contributed by atoms with Gasteiger partial charge in [0.05, 0.1) is 0 Å². The molecular weight excluding hydrogens is 562 g/mol. The zero-order chi connectivity index (χ0) is 32.5. The molecule has 0 aliphatic carbocycles. The summed E-state index contributed by atoms with van der Waals surface area (Å²) in [5, 5.41) is 10.2. The summed E-state index contributed by atoms with van der Waals surface area (Å²) < 4.78 is 7.73. The van der Waals surface area contributed by atoms with Crippen LogP contribution in [0, 0.1) is 5.92 Å². The summed E-state index contributed by atoms with van der Waals surface area (Å²) >= 11 is 0. The molecule has 2 heterocycles. The number of urea groups is 1. The predicted octanol–water partition coefficient (Wildman–Crippen LogP) is 8.38. The number of carbonyl (C=O) groups is 1. The third kappa shape index (κ3) is 8.31. The van der Waals surface area contributed by atoms with E-state index in [1.807, 2.05) is 54.6 Å². The van der Waals surface area contributed by atoms with E-state index < -0.39 is 6.03 Å². The van der Waals surface area contributed by atoms with Crippen molar-refractivity contribution in [2.75, 3.05) is 30.3 Å². The molecule has 0 saturated heterocycles. The molecule has 8 nitrogen and oxygen atoms in total. The number of nitrogens with zero attached hydrogens (tertiary/aromatic N) is 2. The number of hydrogen-bond donors (Lipinski definition) is 3. The van der Waals surface area contributed by atoms with Crippen LogP contribution >= 0.6 is 0 Å². The largest absolute Gasteiger partial charge is 0.492 e. The molecule has 45 heavy (non-hydrogen) atoms. The zero-order valence-electron chi connectivity index (χ0n) is 27.9. The first-order chi connectivity index (χ1) is 21.6. The van der Waals surface area contributed by atoms with Gasteiger partial charge in [0.25, 0.3) is 5.56 Å². The van der Waals surface area contributed by atoms with Crippen LogP contribution in [-0.4, -0.2) is 35.3 Å². The number of ether oxygens (including phenoxy) is 1. The van der Waals surface area contributed by atoms with E-state index >= 15 is 0 Å². The lowest BCUT2D eigenvalue weighted by Crippen LogP contribution is -2.30. The fourth-order valence-corrected chi connectivity index (χ4v) is 5.67. The third-order valence-corrected chi connectivity index (χ3v) is 7.95. The number of carbonyl (C=O) groups excluding carboxylic acids is 1. The zero-order valence-corrected chi connectivity index (χ0v) is 27.9. The highest BCUT2D eigenvalue weighted by Crippen LogP contribution is 2.36. The maximum Gasteiger partial charge on any atom is 0.323 e. The minimum Gasteiger partial charge on any atom is -0.492 e. The minimum absolute atomic E-state index is 0.203. The molecule has 3 N–H and O–H groups in total. The Hall–Kier alpha value is -4.17. The van der Waals surface area contributed by atoms with E-state index in [0.29, 0.717) is 36.0 Å². The lowest BCUT2D eigenvalue weighted by Gasteiger charge is -2.22. The number of likely N-dealkylation sites (N-methyl/N-ethyl adjacent to an activating group) is 1. The third-order valence-electron chi connectivity index (χ3n) is 7.95. The Morgan fingerprint density at radius 1 is 0.911 bits per heavy atom. The smallest absolute Gasteiger partial charge is 0.323 e. The van der Waals surface area contributed by atoms with Crippen molar-refractivity contribution in [3.63, 3.8) is 0 Å². The number of amides is 2. The Morgan fingerprint density at radius 2 is 1.60 bits per heavy atom. The number of pyridine rings is 2. The molecule has 0 fully saturated rings. The van der Waals surface area contributed by atoms with Gasteiger partial charge in [-0.05, 0) is 78.1 Å². The molecule has 240 valence electrons. The Bertz CT molecular complexity index is 1630. The molecule has 0 radical (unpaired) electrons. The van der Waals surface area contributed by atoms with Crippen LogP contribution in [0.25, 0.3) is 22.2 Å². The van der Waals surface area contributed by atoms with E-state index in [0.717, 1.165) is 53.7 Å². The Morgan fingerprint density at radius 3 is 2.27 bits per heavy atom. The Labute approximate surface area is 267 Å². The van der Waals surface area contributed by atoms with Crippen molar-refractivity contribution in [1.82, 2.24) is 14.9 Å². The molecule has 0 atom stereocenters. The molecule has 4 rings (SSSR count). The molecule has 0 aliphatic heterocycles. The first kappa shape index (κ1) is 33.7. The minimum atomic E-state index is -0.460. The van der Waals surface area contributed by atoms with Crippen LogP contribution in [0.3, 0.4) is 0 Å². The van der Waals surface area contributed by atoms with Crippen molar-refractivity contribution in [2.24, 2.45) is 5.92 Å². The number of nitrogens with one attached hydrogen (secondary N) is 3. The molecule has 4 aromatic rings. The normalized spacial score (nSPS) is 11.5. The number of benzene rings is 2. The summed E-state index contributed by atoms with van der Waals surface area (Å²) in [5.41, 5.74) is 4.80. The van der Waals surface area contributed by atoms with Crippen LogP contribution in [0.4, 0.5) is 16.2 Å². The highest BCUT2D eigenvalue weighted by Gasteiger charge is 2.23. The Kier molecular flexibility index (Phi) is 11.8. The molecule has 8 heteroatoms. The molecule has 0 bridgehead atoms. The van der Waals surface area contributed by atoms with E-state index in [1.54, 1.807) is 10.8 Å². The van der Waals surface area contributed by atoms with E-state index in [-0.39, 0.29) is 23.1 Å². The lowest BCUT2D eigenvalue weighted by atomic mass is 9.93. The number of hydrogen-bond acceptors (Lipinski definition) is 5. The highest BCUT2D eigenvalue weighted by molar-refractivity contribution is 6.07. The number of aryl methyl sites for hydroxylation is 1. The summed E-state index contributed by atoms with van der Waals surface area (Å²) in [5.74, 6) is 1.60. The van der Waals surface area contributed by atoms with Gasteiger partial charge in [-0.15, -0.1) is 0 Å². The van der Waals surface area contributed by atoms with E-state index in [2.05, 4.69) is 69.4 Å². The van der Waals surface area contributed by atoms with Gasteiger partial charge in [-0.25, -0.2) is 9.78 Å². The second-order valence-electron chi connectivity index (χ2n) is 12.5. The maximum absolute atomic E-state index is 14.4. The molecule has 0 unspecified atom stereocenters. The molecule has 0 saturated carbocycles. The van der Waals surface area contributed by atoms with Crippen molar-refractivity contribution in [3.05, 3.63) is 82.3 Å². The standard InChI is InChI=1S/C37H49N5O3/c1-8-38-20-22-45-28-15-9-14-27(23-28)32-31-18-11-19-39-35(31)42(21-12-13-24(2)3)36(43)34(32)41-37(44)40-33-29(25(4)5)16-10-17-30(33)26(6)7/h9-11,14-19,23-26,38H,8,12-13,20-22H2,1-7H3,(H2,40,41,44). The van der Waals surface area contributed by atoms with Crippen LogP contribution in [-0.2, 0) is 6.54 Å². The SMILES string of the molecule is CCNCCOc1cccc(-c2c(NC(=O)Nc3c(C(C)C)cccc3C(C)C)c(=O)n(CCCC(C)C)c3ncccc23)c1. The predicted molar refractivity (Wildman–Crippen MR) is 187 cm³/mol. The van der Waals surface area contributed by atoms with Crippen LogP contribution in [0.5, 0.6) is 5.75 Å². The first-order valence-electron chi connectivity index (χ1n) is 16.3. The molecule has 0 spiro atoms. The second kappa shape index (κ2) is 15.7. The van der Waals surface area contributed by atoms with E-state index in [1.165, 1.54) is 0 Å². The second-order valence-corrected chi connectivity index (χ2v) is 12.5. The summed E-state index contributed by atoms with van der Waals surface area (Å²) in [6.45, 7) is 17.5. The highest BCUT2D eigenvalue weighted by atomic mass is 16.5. The van der Waals surface area contributed by atoms with Crippen molar-refractivity contribution in [2.45, 2.75) is 79.7 Å². The van der Waals surface area contributed by atoms with Gasteiger partial charge in [-0.3, -0.25) is 9.36 Å². The van der Waals surface area contributed by atoms with Crippen molar-refractivity contribution in [1.29, 1.82) is 0 Å². The first-order valence-corrected chi connectivity index (χ1v) is 16.3. The summed E-state index contributed by atoms with van der Waals surface area (Å²) in [7, 11) is 0. The van der Waals surface area contributed by atoms with Gasteiger partial charge in [0.15, 0.2) is 0 Å². The number of fused-ring (bicyclic) bond motifs is 1. The molecule has 2 amide bonds. The van der Waals surface area contributed by atoms with Gasteiger partial charge in [-0.1, -0.05) is 78.8 Å². The molecule has 2 aromatic heterocycles. The molecule has 2 aromatic carbocycles. The van der Waals surface area contributed by atoms with E-state index in [4.69, 9.17) is 4.74 Å². The van der Waals surface area contributed by atoms with Gasteiger partial charge in [0, 0.05) is 35.9 Å². The van der Waals surface area contributed by atoms with Crippen LogP contribution < -0.4 is 26.2 Å². The lowest BCUT2D eigenvalue weighted by molar-refractivity contribution is 0.262. The maximum atomic E-state index is 14.4. The summed E-state index contributed by atoms with van der Waals surface area (Å²) in [6.07, 6.45) is 3.51.